The number of aromatic nitrogens is 2. The molecule has 0 amide bonds. The first kappa shape index (κ1) is 23.6. The van der Waals surface area contributed by atoms with Crippen LogP contribution in [0.4, 0.5) is 0 Å². The van der Waals surface area contributed by atoms with Crippen molar-refractivity contribution in [1.82, 2.24) is 14.9 Å². The maximum absolute atomic E-state index is 12.8. The number of benzene rings is 3. The fraction of sp³-hybridized carbons (Fsp3) is 0.125. The number of hydrogen-bond donors (Lipinski definition) is 1. The Morgan fingerprint density at radius 1 is 1.03 bits per heavy atom. The summed E-state index contributed by atoms with van der Waals surface area (Å²) in [5.41, 5.74) is 1.52. The van der Waals surface area contributed by atoms with E-state index in [1.807, 2.05) is 36.4 Å². The zero-order valence-electron chi connectivity index (χ0n) is 18.0. The first-order valence-electron chi connectivity index (χ1n) is 10.3. The third-order valence-corrected chi connectivity index (χ3v) is 6.74. The summed E-state index contributed by atoms with van der Waals surface area (Å²) in [6.45, 7) is 1.65. The van der Waals surface area contributed by atoms with Crippen LogP contribution in [-0.2, 0) is 21.3 Å². The molecule has 0 bridgehead atoms. The minimum Gasteiger partial charge on any atom is -0.449 e. The van der Waals surface area contributed by atoms with Gasteiger partial charge in [-0.15, -0.1) is 10.2 Å². The summed E-state index contributed by atoms with van der Waals surface area (Å²) in [4.78, 5) is 12.5. The predicted molar refractivity (Wildman–Crippen MR) is 125 cm³/mol. The van der Waals surface area contributed by atoms with Gasteiger partial charge in [-0.25, -0.2) is 17.9 Å². The number of rotatable bonds is 8. The summed E-state index contributed by atoms with van der Waals surface area (Å²) in [5, 5.41) is 7.90. The maximum Gasteiger partial charge on any atom is 0.338 e. The molecule has 3 aromatic carbocycles. The minimum absolute atomic E-state index is 0.0131. The highest BCUT2D eigenvalue weighted by Crippen LogP contribution is 2.26. The van der Waals surface area contributed by atoms with Gasteiger partial charge in [0.25, 0.3) is 5.89 Å². The van der Waals surface area contributed by atoms with Crippen LogP contribution < -0.4 is 4.72 Å². The summed E-state index contributed by atoms with van der Waals surface area (Å²) in [6.07, 6.45) is -0.857. The van der Waals surface area contributed by atoms with Gasteiger partial charge in [0.05, 0.1) is 10.6 Å². The van der Waals surface area contributed by atoms with Crippen LogP contribution in [0.2, 0.25) is 5.02 Å². The normalized spacial score (nSPS) is 12.3. The molecule has 0 fully saturated rings. The molecule has 8 nitrogen and oxygen atoms in total. The molecule has 174 valence electrons. The van der Waals surface area contributed by atoms with Crippen LogP contribution >= 0.6 is 11.6 Å². The van der Waals surface area contributed by atoms with Gasteiger partial charge in [-0.05, 0) is 42.8 Å². The van der Waals surface area contributed by atoms with E-state index in [4.69, 9.17) is 20.8 Å². The van der Waals surface area contributed by atoms with E-state index >= 15 is 0 Å². The van der Waals surface area contributed by atoms with Crippen molar-refractivity contribution in [2.45, 2.75) is 24.5 Å². The van der Waals surface area contributed by atoms with Gasteiger partial charge < -0.3 is 9.15 Å². The number of esters is 1. The number of sulfonamides is 1. The molecule has 0 aliphatic carbocycles. The summed E-state index contributed by atoms with van der Waals surface area (Å²) >= 11 is 6.13. The summed E-state index contributed by atoms with van der Waals surface area (Å²) < 4.78 is 39.1. The van der Waals surface area contributed by atoms with E-state index in [-0.39, 0.29) is 27.9 Å². The lowest BCUT2D eigenvalue weighted by molar-refractivity contribution is 0.0279. The molecule has 1 N–H and O–H groups in total. The molecule has 1 unspecified atom stereocenters. The third-order valence-electron chi connectivity index (χ3n) is 4.86. The molecule has 0 aliphatic rings. The quantitative estimate of drug-likeness (QED) is 0.348. The van der Waals surface area contributed by atoms with Gasteiger partial charge >= 0.3 is 5.97 Å². The van der Waals surface area contributed by atoms with Crippen LogP contribution in [0.5, 0.6) is 0 Å². The molecule has 0 saturated heterocycles. The smallest absolute Gasteiger partial charge is 0.338 e. The summed E-state index contributed by atoms with van der Waals surface area (Å²) in [7, 11) is -3.98. The largest absolute Gasteiger partial charge is 0.449 e. The fourth-order valence-electron chi connectivity index (χ4n) is 3.06. The molecular weight excluding hydrogens is 478 g/mol. The number of hydrogen-bond acceptors (Lipinski definition) is 7. The zero-order valence-corrected chi connectivity index (χ0v) is 19.6. The van der Waals surface area contributed by atoms with E-state index in [0.29, 0.717) is 5.89 Å². The Labute approximate surface area is 201 Å². The highest BCUT2D eigenvalue weighted by Gasteiger charge is 2.23. The third kappa shape index (κ3) is 5.51. The molecule has 1 atom stereocenters. The number of halogens is 1. The molecule has 1 aromatic heterocycles. The fourth-order valence-corrected chi connectivity index (χ4v) is 4.60. The lowest BCUT2D eigenvalue weighted by Crippen LogP contribution is -2.24. The van der Waals surface area contributed by atoms with Gasteiger partial charge in [-0.3, -0.25) is 0 Å². The molecule has 34 heavy (non-hydrogen) atoms. The second-order valence-corrected chi connectivity index (χ2v) is 9.46. The molecule has 0 spiro atoms. The first-order chi connectivity index (χ1) is 16.3. The van der Waals surface area contributed by atoms with Gasteiger partial charge in [0.1, 0.15) is 4.90 Å². The van der Waals surface area contributed by atoms with Crippen LogP contribution in [0.3, 0.4) is 0 Å². The van der Waals surface area contributed by atoms with Crippen molar-refractivity contribution in [1.29, 1.82) is 0 Å². The van der Waals surface area contributed by atoms with Gasteiger partial charge in [-0.2, -0.15) is 0 Å². The highest BCUT2D eigenvalue weighted by molar-refractivity contribution is 7.89. The number of nitrogens with zero attached hydrogens (tertiary/aromatic N) is 2. The SMILES string of the molecule is CC(OC(=O)c1ccc(Cl)c(S(=O)(=O)NCc2ccccc2)c1)c1nnc(-c2ccccc2)o1. The van der Waals surface area contributed by atoms with E-state index in [0.717, 1.165) is 11.1 Å². The second-order valence-electron chi connectivity index (χ2n) is 7.31. The lowest BCUT2D eigenvalue weighted by atomic mass is 10.2. The predicted octanol–water partition coefficient (Wildman–Crippen LogP) is 4.79. The topological polar surface area (TPSA) is 111 Å². The number of carbonyl (C=O) groups excluding carboxylic acids is 1. The van der Waals surface area contributed by atoms with Crippen molar-refractivity contribution in [2.24, 2.45) is 0 Å². The van der Waals surface area contributed by atoms with Crippen molar-refractivity contribution in [2.75, 3.05) is 0 Å². The van der Waals surface area contributed by atoms with Crippen LogP contribution in [0.1, 0.15) is 34.8 Å². The van der Waals surface area contributed by atoms with Gasteiger partial charge in [0, 0.05) is 12.1 Å². The van der Waals surface area contributed by atoms with Gasteiger partial charge in [0.2, 0.25) is 15.9 Å². The second kappa shape index (κ2) is 10.2. The van der Waals surface area contributed by atoms with Crippen molar-refractivity contribution in [3.63, 3.8) is 0 Å². The Morgan fingerprint density at radius 3 is 2.41 bits per heavy atom. The number of ether oxygens (including phenoxy) is 1. The molecule has 1 heterocycles. The van der Waals surface area contributed by atoms with Gasteiger partial charge in [-0.1, -0.05) is 60.1 Å². The lowest BCUT2D eigenvalue weighted by Gasteiger charge is -2.12. The van der Waals surface area contributed by atoms with E-state index in [1.54, 1.807) is 31.2 Å². The molecule has 0 aliphatic heterocycles. The van der Waals surface area contributed by atoms with Crippen LogP contribution in [-0.4, -0.2) is 24.6 Å². The Balaban J connectivity index is 1.47. The first-order valence-corrected chi connectivity index (χ1v) is 12.1. The molecule has 0 radical (unpaired) electrons. The Kier molecular flexibility index (Phi) is 7.06. The molecule has 4 aromatic rings. The Morgan fingerprint density at radius 2 is 1.71 bits per heavy atom. The van der Waals surface area contributed by atoms with E-state index in [1.165, 1.54) is 18.2 Å². The number of carbonyl (C=O) groups is 1. The van der Waals surface area contributed by atoms with E-state index < -0.39 is 22.1 Å². The van der Waals surface area contributed by atoms with E-state index in [2.05, 4.69) is 14.9 Å². The minimum atomic E-state index is -3.98. The van der Waals surface area contributed by atoms with Crippen LogP contribution in [0.15, 0.2) is 88.2 Å². The van der Waals surface area contributed by atoms with Crippen molar-refractivity contribution in [3.8, 4) is 11.5 Å². The van der Waals surface area contributed by atoms with Crippen LogP contribution in [0, 0.1) is 0 Å². The molecular formula is C24H20ClN3O5S. The average molecular weight is 498 g/mol. The zero-order chi connectivity index (χ0) is 24.1. The Bertz CT molecular complexity index is 1390. The Hall–Kier alpha value is -3.53. The summed E-state index contributed by atoms with van der Waals surface area (Å²) in [5.74, 6) is -0.357. The van der Waals surface area contributed by atoms with E-state index in [9.17, 15) is 13.2 Å². The van der Waals surface area contributed by atoms with Crippen molar-refractivity contribution >= 4 is 27.6 Å². The monoisotopic (exact) mass is 497 g/mol. The molecule has 0 saturated carbocycles. The molecule has 10 heteroatoms. The maximum atomic E-state index is 12.8. The summed E-state index contributed by atoms with van der Waals surface area (Å²) in [6, 6.07) is 22.1. The number of nitrogens with one attached hydrogen (secondary N) is 1. The molecule has 4 rings (SSSR count). The highest BCUT2D eigenvalue weighted by atomic mass is 35.5. The average Bonchev–Trinajstić information content (AvgIpc) is 3.35. The standard InChI is InChI=1S/C24H20ClN3O5S/c1-16(22-27-28-23(33-22)18-10-6-3-7-11-18)32-24(29)19-12-13-20(25)21(14-19)34(30,31)26-15-17-8-4-2-5-9-17/h2-14,16,26H,15H2,1H3. The van der Waals surface area contributed by atoms with Crippen molar-refractivity contribution < 1.29 is 22.4 Å². The van der Waals surface area contributed by atoms with Gasteiger partial charge in [0.15, 0.2) is 6.10 Å². The van der Waals surface area contributed by atoms with Crippen LogP contribution in [0.25, 0.3) is 11.5 Å². The van der Waals surface area contributed by atoms with Crippen molar-refractivity contribution in [3.05, 3.63) is 101 Å².